The van der Waals surface area contributed by atoms with E-state index in [1.807, 2.05) is 19.1 Å². The number of imide groups is 1. The topological polar surface area (TPSA) is 105 Å². The molecule has 2 aliphatic rings. The maximum Gasteiger partial charge on any atom is 0.325 e. The van der Waals surface area contributed by atoms with E-state index in [4.69, 9.17) is 4.74 Å². The second kappa shape index (κ2) is 6.73. The Morgan fingerprint density at radius 1 is 1.14 bits per heavy atom. The van der Waals surface area contributed by atoms with Crippen LogP contribution in [0.2, 0.25) is 0 Å². The Kier molecular flexibility index (Phi) is 4.34. The van der Waals surface area contributed by atoms with E-state index >= 15 is 0 Å². The van der Waals surface area contributed by atoms with Gasteiger partial charge in [0.1, 0.15) is 11.3 Å². The molecule has 0 radical (unpaired) electrons. The lowest BCUT2D eigenvalue weighted by atomic mass is 9.91. The van der Waals surface area contributed by atoms with E-state index in [0.717, 1.165) is 10.5 Å². The van der Waals surface area contributed by atoms with Crippen LogP contribution in [-0.4, -0.2) is 41.7 Å². The fraction of sp³-hybridized carbons (Fsp3) is 0.238. The van der Waals surface area contributed by atoms with Crippen molar-refractivity contribution in [3.8, 4) is 5.75 Å². The van der Waals surface area contributed by atoms with Crippen molar-refractivity contribution in [1.29, 1.82) is 0 Å². The number of fused-ring (bicyclic) bond motifs is 1. The summed E-state index contributed by atoms with van der Waals surface area (Å²) in [5.74, 6) is -0.772. The molecule has 2 aromatic carbocycles. The molecule has 8 heteroatoms. The molecule has 2 aromatic rings. The van der Waals surface area contributed by atoms with Gasteiger partial charge < -0.3 is 15.4 Å². The number of rotatable bonds is 4. The van der Waals surface area contributed by atoms with E-state index in [2.05, 4.69) is 10.6 Å². The molecule has 1 unspecified atom stereocenters. The number of amides is 4. The standard InChI is InChI=1S/C21H19N3O5/c1-12-3-6-14(7-4-12)21(2)19(27)24(20(28)23-21)10-16(25)13-5-8-17-15(9-13)22-18(26)11-29-17/h3-9H,10-11H2,1-2H3,(H,22,26)(H,23,28). The molecule has 1 saturated heterocycles. The van der Waals surface area contributed by atoms with Gasteiger partial charge in [-0.25, -0.2) is 4.79 Å². The zero-order valence-corrected chi connectivity index (χ0v) is 15.9. The number of urea groups is 1. The lowest BCUT2D eigenvalue weighted by molar-refractivity contribution is -0.130. The van der Waals surface area contributed by atoms with Gasteiger partial charge in [-0.15, -0.1) is 0 Å². The summed E-state index contributed by atoms with van der Waals surface area (Å²) in [4.78, 5) is 50.5. The number of aryl methyl sites for hydroxylation is 1. The quantitative estimate of drug-likeness (QED) is 0.610. The first-order chi connectivity index (χ1) is 13.8. The van der Waals surface area contributed by atoms with Gasteiger partial charge in [0, 0.05) is 5.56 Å². The Morgan fingerprint density at radius 2 is 1.86 bits per heavy atom. The van der Waals surface area contributed by atoms with E-state index in [9.17, 15) is 19.2 Å². The minimum absolute atomic E-state index is 0.0830. The summed E-state index contributed by atoms with van der Waals surface area (Å²) < 4.78 is 5.27. The fourth-order valence-corrected chi connectivity index (χ4v) is 3.41. The number of nitrogens with zero attached hydrogens (tertiary/aromatic N) is 1. The van der Waals surface area contributed by atoms with Crippen LogP contribution in [0.3, 0.4) is 0 Å². The molecular formula is C21H19N3O5. The number of Topliss-reactive ketones (excluding diaryl/α,β-unsaturated/α-hetero) is 1. The number of carbonyl (C=O) groups excluding carboxylic acids is 4. The maximum absolute atomic E-state index is 13.0. The van der Waals surface area contributed by atoms with E-state index in [1.54, 1.807) is 25.1 Å². The van der Waals surface area contributed by atoms with E-state index in [-0.39, 0.29) is 18.1 Å². The van der Waals surface area contributed by atoms with Gasteiger partial charge in [-0.1, -0.05) is 29.8 Å². The summed E-state index contributed by atoms with van der Waals surface area (Å²) in [7, 11) is 0. The highest BCUT2D eigenvalue weighted by atomic mass is 16.5. The number of ketones is 1. The van der Waals surface area contributed by atoms with Crippen molar-refractivity contribution in [2.24, 2.45) is 0 Å². The third kappa shape index (κ3) is 3.22. The number of ether oxygens (including phenoxy) is 1. The SMILES string of the molecule is Cc1ccc(C2(C)NC(=O)N(CC(=O)c3ccc4c(c3)NC(=O)CO4)C2=O)cc1. The molecule has 0 aliphatic carbocycles. The summed E-state index contributed by atoms with van der Waals surface area (Å²) in [6, 6.07) is 11.2. The molecule has 148 valence electrons. The first kappa shape index (κ1) is 18.7. The highest BCUT2D eigenvalue weighted by Gasteiger charge is 2.49. The molecule has 0 bridgehead atoms. The van der Waals surface area contributed by atoms with Gasteiger partial charge >= 0.3 is 6.03 Å². The molecule has 4 amide bonds. The first-order valence-electron chi connectivity index (χ1n) is 9.09. The van der Waals surface area contributed by atoms with Crippen molar-refractivity contribution in [3.05, 3.63) is 59.2 Å². The Hall–Kier alpha value is -3.68. The molecule has 2 heterocycles. The third-order valence-electron chi connectivity index (χ3n) is 5.14. The van der Waals surface area contributed by atoms with Crippen LogP contribution in [-0.2, 0) is 15.1 Å². The van der Waals surface area contributed by atoms with Crippen LogP contribution in [0, 0.1) is 6.92 Å². The monoisotopic (exact) mass is 393 g/mol. The Balaban J connectivity index is 1.55. The molecule has 2 aliphatic heterocycles. The minimum Gasteiger partial charge on any atom is -0.482 e. The van der Waals surface area contributed by atoms with Gasteiger partial charge in [0.2, 0.25) is 0 Å². The van der Waals surface area contributed by atoms with Crippen molar-refractivity contribution < 1.29 is 23.9 Å². The molecule has 4 rings (SSSR count). The van der Waals surface area contributed by atoms with Crippen LogP contribution < -0.4 is 15.4 Å². The summed E-state index contributed by atoms with van der Waals surface area (Å²) >= 11 is 0. The van der Waals surface area contributed by atoms with Gasteiger partial charge in [-0.05, 0) is 37.6 Å². The van der Waals surface area contributed by atoms with Gasteiger partial charge in [-0.3, -0.25) is 19.3 Å². The van der Waals surface area contributed by atoms with Gasteiger partial charge in [-0.2, -0.15) is 0 Å². The van der Waals surface area contributed by atoms with Crippen molar-refractivity contribution in [1.82, 2.24) is 10.2 Å². The van der Waals surface area contributed by atoms with Crippen LogP contribution >= 0.6 is 0 Å². The molecule has 2 N–H and O–H groups in total. The van der Waals surface area contributed by atoms with E-state index in [0.29, 0.717) is 17.0 Å². The Labute approximate surface area is 166 Å². The average Bonchev–Trinajstić information content (AvgIpc) is 2.91. The highest BCUT2D eigenvalue weighted by Crippen LogP contribution is 2.31. The summed E-state index contributed by atoms with van der Waals surface area (Å²) in [6.07, 6.45) is 0. The number of nitrogens with one attached hydrogen (secondary N) is 2. The second-order valence-corrected chi connectivity index (χ2v) is 7.28. The zero-order chi connectivity index (χ0) is 20.8. The van der Waals surface area contributed by atoms with Gasteiger partial charge in [0.05, 0.1) is 12.2 Å². The van der Waals surface area contributed by atoms with Crippen molar-refractivity contribution in [2.45, 2.75) is 19.4 Å². The molecule has 29 heavy (non-hydrogen) atoms. The maximum atomic E-state index is 13.0. The molecule has 0 spiro atoms. The molecular weight excluding hydrogens is 374 g/mol. The van der Waals surface area contributed by atoms with Crippen LogP contribution in [0.5, 0.6) is 5.75 Å². The predicted molar refractivity (Wildman–Crippen MR) is 104 cm³/mol. The van der Waals surface area contributed by atoms with Crippen molar-refractivity contribution in [3.63, 3.8) is 0 Å². The van der Waals surface area contributed by atoms with Crippen LogP contribution in [0.4, 0.5) is 10.5 Å². The number of hydrogen-bond donors (Lipinski definition) is 2. The zero-order valence-electron chi connectivity index (χ0n) is 15.9. The number of benzene rings is 2. The number of carbonyl (C=O) groups is 4. The second-order valence-electron chi connectivity index (χ2n) is 7.28. The fourth-order valence-electron chi connectivity index (χ4n) is 3.41. The largest absolute Gasteiger partial charge is 0.482 e. The van der Waals surface area contributed by atoms with Crippen molar-refractivity contribution >= 4 is 29.3 Å². The van der Waals surface area contributed by atoms with E-state index in [1.165, 1.54) is 12.1 Å². The van der Waals surface area contributed by atoms with Crippen LogP contribution in [0.1, 0.15) is 28.4 Å². The predicted octanol–water partition coefficient (Wildman–Crippen LogP) is 1.98. The Morgan fingerprint density at radius 3 is 2.59 bits per heavy atom. The number of anilines is 1. The van der Waals surface area contributed by atoms with E-state index < -0.39 is 29.8 Å². The van der Waals surface area contributed by atoms with Crippen LogP contribution in [0.25, 0.3) is 0 Å². The highest BCUT2D eigenvalue weighted by molar-refractivity contribution is 6.11. The summed E-state index contributed by atoms with van der Waals surface area (Å²) in [5.41, 5.74) is 1.09. The minimum atomic E-state index is -1.23. The Bertz CT molecular complexity index is 1050. The third-order valence-corrected chi connectivity index (χ3v) is 5.14. The van der Waals surface area contributed by atoms with Gasteiger partial charge in [0.15, 0.2) is 12.4 Å². The van der Waals surface area contributed by atoms with Gasteiger partial charge in [0.25, 0.3) is 11.8 Å². The molecule has 1 fully saturated rings. The smallest absolute Gasteiger partial charge is 0.325 e. The summed E-state index contributed by atoms with van der Waals surface area (Å²) in [5, 5.41) is 5.32. The molecule has 0 aromatic heterocycles. The lowest BCUT2D eigenvalue weighted by Crippen LogP contribution is -2.41. The molecule has 1 atom stereocenters. The first-order valence-corrected chi connectivity index (χ1v) is 9.09. The summed E-state index contributed by atoms with van der Waals surface area (Å²) in [6.45, 7) is 3.06. The number of hydrogen-bond acceptors (Lipinski definition) is 5. The normalized spacial score (nSPS) is 20.6. The average molecular weight is 393 g/mol. The lowest BCUT2D eigenvalue weighted by Gasteiger charge is -2.22. The van der Waals surface area contributed by atoms with Crippen LogP contribution in [0.15, 0.2) is 42.5 Å². The molecule has 0 saturated carbocycles. The van der Waals surface area contributed by atoms with Crippen molar-refractivity contribution in [2.75, 3.05) is 18.5 Å². The molecule has 8 nitrogen and oxygen atoms in total.